The Labute approximate surface area is 103 Å². The summed E-state index contributed by atoms with van der Waals surface area (Å²) >= 11 is 0. The maximum absolute atomic E-state index is 11.6. The molecule has 3 N–H and O–H groups in total. The number of carbonyl (C=O) groups is 1. The molecule has 0 unspecified atom stereocenters. The number of ether oxygens (including phenoxy) is 2. The molecular weight excluding hydrogens is 220 g/mol. The van der Waals surface area contributed by atoms with Crippen LogP contribution in [-0.2, 0) is 14.3 Å². The largest absolute Gasteiger partial charge is 0.382 e. The smallest absolute Gasteiger partial charge is 0.240 e. The second-order valence-corrected chi connectivity index (χ2v) is 4.58. The van der Waals surface area contributed by atoms with E-state index in [1.54, 1.807) is 7.11 Å². The van der Waals surface area contributed by atoms with E-state index in [2.05, 4.69) is 5.32 Å². The van der Waals surface area contributed by atoms with E-state index in [1.165, 1.54) is 0 Å². The Morgan fingerprint density at radius 1 is 1.29 bits per heavy atom. The van der Waals surface area contributed by atoms with Gasteiger partial charge in [0.25, 0.3) is 0 Å². The number of methoxy groups -OCH3 is 1. The van der Waals surface area contributed by atoms with Crippen molar-refractivity contribution in [1.29, 1.82) is 0 Å². The Morgan fingerprint density at radius 2 is 2.06 bits per heavy atom. The van der Waals surface area contributed by atoms with Gasteiger partial charge in [-0.15, -0.1) is 0 Å². The van der Waals surface area contributed by atoms with Crippen molar-refractivity contribution < 1.29 is 14.3 Å². The molecule has 0 spiro atoms. The van der Waals surface area contributed by atoms with Crippen LogP contribution in [-0.4, -0.2) is 44.9 Å². The molecule has 100 valence electrons. The molecule has 5 heteroatoms. The highest BCUT2D eigenvalue weighted by Gasteiger charge is 2.39. The van der Waals surface area contributed by atoms with E-state index in [1.807, 2.05) is 0 Å². The predicted molar refractivity (Wildman–Crippen MR) is 65.7 cm³/mol. The van der Waals surface area contributed by atoms with Gasteiger partial charge in [0.2, 0.25) is 5.91 Å². The molecule has 0 atom stereocenters. The number of hydrogen-bond acceptors (Lipinski definition) is 4. The second-order valence-electron chi connectivity index (χ2n) is 4.58. The first-order valence-electron chi connectivity index (χ1n) is 6.33. The minimum atomic E-state index is -0.574. The molecule has 1 saturated carbocycles. The maximum Gasteiger partial charge on any atom is 0.240 e. The Kier molecular flexibility index (Phi) is 6.47. The molecule has 0 heterocycles. The molecule has 0 aromatic carbocycles. The molecular formula is C12H24N2O3. The van der Waals surface area contributed by atoms with E-state index in [9.17, 15) is 4.79 Å². The van der Waals surface area contributed by atoms with Gasteiger partial charge in [0, 0.05) is 20.3 Å². The van der Waals surface area contributed by atoms with Crippen LogP contribution in [0.15, 0.2) is 0 Å². The summed E-state index contributed by atoms with van der Waals surface area (Å²) in [6, 6.07) is 0. The minimum Gasteiger partial charge on any atom is -0.382 e. The lowest BCUT2D eigenvalue weighted by molar-refractivity contribution is -0.129. The first-order valence-corrected chi connectivity index (χ1v) is 6.33. The molecule has 0 saturated heterocycles. The third-order valence-electron chi connectivity index (χ3n) is 3.13. The fourth-order valence-corrected chi connectivity index (χ4v) is 1.74. The monoisotopic (exact) mass is 244 g/mol. The average Bonchev–Trinajstić information content (AvgIpc) is 2.29. The standard InChI is InChI=1S/C12H24N2O3/c1-16-9-10-17-8-3-2-7-14-11(15)12(13)5-4-6-12/h2-10,13H2,1H3,(H,14,15). The summed E-state index contributed by atoms with van der Waals surface area (Å²) in [5, 5.41) is 2.88. The Bertz CT molecular complexity index is 230. The van der Waals surface area contributed by atoms with Gasteiger partial charge in [-0.25, -0.2) is 0 Å². The van der Waals surface area contributed by atoms with E-state index in [0.29, 0.717) is 26.4 Å². The van der Waals surface area contributed by atoms with Crippen molar-refractivity contribution in [1.82, 2.24) is 5.32 Å². The number of hydrogen-bond donors (Lipinski definition) is 2. The van der Waals surface area contributed by atoms with Crippen LogP contribution >= 0.6 is 0 Å². The molecule has 1 rings (SSSR count). The van der Waals surface area contributed by atoms with Crippen LogP contribution in [0.3, 0.4) is 0 Å². The van der Waals surface area contributed by atoms with Crippen LogP contribution in [0, 0.1) is 0 Å². The van der Waals surface area contributed by atoms with Gasteiger partial charge in [0.1, 0.15) is 0 Å². The summed E-state index contributed by atoms with van der Waals surface area (Å²) < 4.78 is 10.2. The van der Waals surface area contributed by atoms with Crippen LogP contribution in [0.2, 0.25) is 0 Å². The van der Waals surface area contributed by atoms with Gasteiger partial charge in [-0.05, 0) is 32.1 Å². The zero-order valence-corrected chi connectivity index (χ0v) is 10.7. The van der Waals surface area contributed by atoms with E-state index in [-0.39, 0.29) is 5.91 Å². The van der Waals surface area contributed by atoms with Gasteiger partial charge < -0.3 is 20.5 Å². The topological polar surface area (TPSA) is 73.6 Å². The van der Waals surface area contributed by atoms with Crippen molar-refractivity contribution in [2.75, 3.05) is 33.5 Å². The Balaban J connectivity index is 1.88. The van der Waals surface area contributed by atoms with Crippen LogP contribution in [0.5, 0.6) is 0 Å². The Morgan fingerprint density at radius 3 is 2.65 bits per heavy atom. The second kappa shape index (κ2) is 7.63. The summed E-state index contributed by atoms with van der Waals surface area (Å²) in [6.07, 6.45) is 4.57. The molecule has 0 aromatic heterocycles. The first kappa shape index (κ1) is 14.4. The predicted octanol–water partition coefficient (Wildman–Crippen LogP) is 0.427. The normalized spacial score (nSPS) is 17.5. The third kappa shape index (κ3) is 5.02. The van der Waals surface area contributed by atoms with Crippen molar-refractivity contribution >= 4 is 5.91 Å². The van der Waals surface area contributed by atoms with Crippen molar-refractivity contribution in [2.45, 2.75) is 37.6 Å². The summed E-state index contributed by atoms with van der Waals surface area (Å²) in [4.78, 5) is 11.6. The van der Waals surface area contributed by atoms with E-state index in [0.717, 1.165) is 32.1 Å². The molecule has 17 heavy (non-hydrogen) atoms. The van der Waals surface area contributed by atoms with Crippen molar-refractivity contribution in [3.05, 3.63) is 0 Å². The van der Waals surface area contributed by atoms with Crippen LogP contribution in [0.1, 0.15) is 32.1 Å². The molecule has 0 aliphatic heterocycles. The van der Waals surface area contributed by atoms with Crippen LogP contribution in [0.4, 0.5) is 0 Å². The lowest BCUT2D eigenvalue weighted by Gasteiger charge is -2.36. The zero-order chi connectivity index (χ0) is 12.6. The SMILES string of the molecule is COCCOCCCCNC(=O)C1(N)CCC1. The molecule has 0 aromatic rings. The van der Waals surface area contributed by atoms with Gasteiger partial charge in [-0.3, -0.25) is 4.79 Å². The first-order chi connectivity index (χ1) is 8.19. The molecule has 0 bridgehead atoms. The average molecular weight is 244 g/mol. The van der Waals surface area contributed by atoms with Crippen molar-refractivity contribution in [2.24, 2.45) is 5.73 Å². The number of nitrogens with one attached hydrogen (secondary N) is 1. The van der Waals surface area contributed by atoms with Gasteiger partial charge >= 0.3 is 0 Å². The van der Waals surface area contributed by atoms with E-state index >= 15 is 0 Å². The summed E-state index contributed by atoms with van der Waals surface area (Å²) in [7, 11) is 1.65. The lowest BCUT2D eigenvalue weighted by atomic mass is 9.77. The van der Waals surface area contributed by atoms with Gasteiger partial charge in [0.05, 0.1) is 18.8 Å². The quantitative estimate of drug-likeness (QED) is 0.577. The molecule has 0 radical (unpaired) electrons. The minimum absolute atomic E-state index is 0.00375. The maximum atomic E-state index is 11.6. The lowest BCUT2D eigenvalue weighted by Crippen LogP contribution is -2.58. The summed E-state index contributed by atoms with van der Waals surface area (Å²) in [5.74, 6) is 0.00375. The van der Waals surface area contributed by atoms with Gasteiger partial charge in [-0.2, -0.15) is 0 Å². The zero-order valence-electron chi connectivity index (χ0n) is 10.7. The highest BCUT2D eigenvalue weighted by molar-refractivity contribution is 5.86. The number of amides is 1. The van der Waals surface area contributed by atoms with Crippen LogP contribution in [0.25, 0.3) is 0 Å². The van der Waals surface area contributed by atoms with Crippen molar-refractivity contribution in [3.8, 4) is 0 Å². The molecule has 1 fully saturated rings. The molecule has 1 aliphatic carbocycles. The summed E-state index contributed by atoms with van der Waals surface area (Å²) in [6.45, 7) is 2.67. The Hall–Kier alpha value is -0.650. The molecule has 1 aliphatic rings. The van der Waals surface area contributed by atoms with E-state index in [4.69, 9.17) is 15.2 Å². The number of carbonyl (C=O) groups excluding carboxylic acids is 1. The van der Waals surface area contributed by atoms with Crippen molar-refractivity contribution in [3.63, 3.8) is 0 Å². The summed E-state index contributed by atoms with van der Waals surface area (Å²) in [5.41, 5.74) is 5.32. The highest BCUT2D eigenvalue weighted by Crippen LogP contribution is 2.28. The number of rotatable bonds is 9. The molecule has 5 nitrogen and oxygen atoms in total. The van der Waals surface area contributed by atoms with E-state index < -0.39 is 5.54 Å². The van der Waals surface area contributed by atoms with Gasteiger partial charge in [0.15, 0.2) is 0 Å². The fraction of sp³-hybridized carbons (Fsp3) is 0.917. The fourth-order valence-electron chi connectivity index (χ4n) is 1.74. The number of nitrogens with two attached hydrogens (primary N) is 1. The highest BCUT2D eigenvalue weighted by atomic mass is 16.5. The number of unbranched alkanes of at least 4 members (excludes halogenated alkanes) is 1. The van der Waals surface area contributed by atoms with Crippen LogP contribution < -0.4 is 11.1 Å². The third-order valence-corrected chi connectivity index (χ3v) is 3.13. The molecule has 1 amide bonds. The van der Waals surface area contributed by atoms with Gasteiger partial charge in [-0.1, -0.05) is 0 Å².